The van der Waals surface area contributed by atoms with Crippen molar-refractivity contribution in [2.45, 2.75) is 58.5 Å². The van der Waals surface area contributed by atoms with Gasteiger partial charge in [-0.15, -0.1) is 0 Å². The van der Waals surface area contributed by atoms with Gasteiger partial charge in [0.25, 0.3) is 0 Å². The van der Waals surface area contributed by atoms with Crippen molar-refractivity contribution in [1.82, 2.24) is 14.3 Å². The highest BCUT2D eigenvalue weighted by molar-refractivity contribution is 7.89. The number of aromatic nitrogens is 2. The van der Waals surface area contributed by atoms with E-state index in [9.17, 15) is 8.42 Å². The lowest BCUT2D eigenvalue weighted by Gasteiger charge is -2.32. The summed E-state index contributed by atoms with van der Waals surface area (Å²) in [5.41, 5.74) is 4.31. The summed E-state index contributed by atoms with van der Waals surface area (Å²) in [6, 6.07) is 6.04. The molecule has 27 heavy (non-hydrogen) atoms. The highest BCUT2D eigenvalue weighted by Crippen LogP contribution is 2.28. The third-order valence-corrected chi connectivity index (χ3v) is 6.95. The Morgan fingerprint density at radius 2 is 1.59 bits per heavy atom. The smallest absolute Gasteiger partial charge is 0.317 e. The first-order valence-corrected chi connectivity index (χ1v) is 10.7. The molecule has 0 bridgehead atoms. The quantitative estimate of drug-likeness (QED) is 0.803. The standard InChI is InChI=1S/C20H27N3O3S/c1-13-9-14(2)19(15(3)10-13)27(24,25)23-8-6-7-18(12-23)26-20-21-16(4)11-17(5)22-20/h9-11,18H,6-8,12H2,1-5H3. The van der Waals surface area contributed by atoms with Crippen LogP contribution >= 0.6 is 0 Å². The fraction of sp³-hybridized carbons (Fsp3) is 0.500. The van der Waals surface area contributed by atoms with Crippen LogP contribution in [0.25, 0.3) is 0 Å². The molecule has 1 unspecified atom stereocenters. The van der Waals surface area contributed by atoms with Gasteiger partial charge in [0.1, 0.15) is 6.10 Å². The monoisotopic (exact) mass is 389 g/mol. The van der Waals surface area contributed by atoms with Gasteiger partial charge in [0.15, 0.2) is 0 Å². The van der Waals surface area contributed by atoms with Crippen molar-refractivity contribution in [3.05, 3.63) is 46.3 Å². The molecule has 2 heterocycles. The Morgan fingerprint density at radius 3 is 2.19 bits per heavy atom. The number of sulfonamides is 1. The molecule has 0 saturated carbocycles. The normalized spacial score (nSPS) is 18.5. The maximum Gasteiger partial charge on any atom is 0.317 e. The molecular weight excluding hydrogens is 362 g/mol. The van der Waals surface area contributed by atoms with Crippen LogP contribution in [0, 0.1) is 34.6 Å². The summed E-state index contributed by atoms with van der Waals surface area (Å²) in [5.74, 6) is 0. The summed E-state index contributed by atoms with van der Waals surface area (Å²) in [7, 11) is -3.57. The number of hydrogen-bond acceptors (Lipinski definition) is 5. The van der Waals surface area contributed by atoms with Crippen molar-refractivity contribution in [3.8, 4) is 6.01 Å². The van der Waals surface area contributed by atoms with E-state index in [4.69, 9.17) is 4.74 Å². The molecule has 1 aliphatic rings. The van der Waals surface area contributed by atoms with Gasteiger partial charge >= 0.3 is 6.01 Å². The van der Waals surface area contributed by atoms with Crippen LogP contribution in [0.1, 0.15) is 40.9 Å². The van der Waals surface area contributed by atoms with E-state index in [1.165, 1.54) is 4.31 Å². The van der Waals surface area contributed by atoms with Gasteiger partial charge in [0.2, 0.25) is 10.0 Å². The van der Waals surface area contributed by atoms with Crippen LogP contribution in [0.3, 0.4) is 0 Å². The third-order valence-electron chi connectivity index (χ3n) is 4.78. The minimum atomic E-state index is -3.57. The summed E-state index contributed by atoms with van der Waals surface area (Å²) in [6.45, 7) is 10.3. The molecule has 146 valence electrons. The van der Waals surface area contributed by atoms with E-state index in [0.717, 1.165) is 40.9 Å². The van der Waals surface area contributed by atoms with Crippen molar-refractivity contribution < 1.29 is 13.2 Å². The highest BCUT2D eigenvalue weighted by atomic mass is 32.2. The summed E-state index contributed by atoms with van der Waals surface area (Å²) in [6.07, 6.45) is 1.29. The molecule has 0 radical (unpaired) electrons. The van der Waals surface area contributed by atoms with E-state index < -0.39 is 10.0 Å². The predicted molar refractivity (Wildman–Crippen MR) is 105 cm³/mol. The number of nitrogens with zero attached hydrogens (tertiary/aromatic N) is 3. The van der Waals surface area contributed by atoms with Crippen LogP contribution in [0.15, 0.2) is 23.1 Å². The average molecular weight is 390 g/mol. The van der Waals surface area contributed by atoms with Gasteiger partial charge in [0.05, 0.1) is 11.4 Å². The van der Waals surface area contributed by atoms with Crippen LogP contribution in [-0.4, -0.2) is 41.9 Å². The Balaban J connectivity index is 1.83. The zero-order valence-corrected chi connectivity index (χ0v) is 17.4. The second kappa shape index (κ2) is 7.56. The minimum absolute atomic E-state index is 0.249. The van der Waals surface area contributed by atoms with Gasteiger partial charge in [-0.25, -0.2) is 18.4 Å². The van der Waals surface area contributed by atoms with Crippen molar-refractivity contribution in [2.24, 2.45) is 0 Å². The fourth-order valence-electron chi connectivity index (χ4n) is 3.82. The van der Waals surface area contributed by atoms with E-state index in [-0.39, 0.29) is 6.10 Å². The lowest BCUT2D eigenvalue weighted by molar-refractivity contribution is 0.118. The maximum atomic E-state index is 13.3. The van der Waals surface area contributed by atoms with E-state index >= 15 is 0 Å². The predicted octanol–water partition coefficient (Wildman–Crippen LogP) is 3.25. The van der Waals surface area contributed by atoms with Gasteiger partial charge in [-0.1, -0.05) is 17.7 Å². The van der Waals surface area contributed by atoms with Crippen LogP contribution in [0.5, 0.6) is 6.01 Å². The molecule has 0 spiro atoms. The van der Waals surface area contributed by atoms with Crippen molar-refractivity contribution in [1.29, 1.82) is 0 Å². The Bertz CT molecular complexity index is 914. The van der Waals surface area contributed by atoms with Crippen LogP contribution in [0.4, 0.5) is 0 Å². The largest absolute Gasteiger partial charge is 0.459 e. The van der Waals surface area contributed by atoms with Crippen molar-refractivity contribution >= 4 is 10.0 Å². The first-order valence-electron chi connectivity index (χ1n) is 9.24. The molecule has 3 rings (SSSR count). The lowest BCUT2D eigenvalue weighted by Crippen LogP contribution is -2.44. The number of piperidine rings is 1. The molecule has 0 amide bonds. The SMILES string of the molecule is Cc1cc(C)c(S(=O)(=O)N2CCCC(Oc3nc(C)cc(C)n3)C2)c(C)c1. The molecule has 1 aromatic heterocycles. The third kappa shape index (κ3) is 4.30. The number of rotatable bonds is 4. The fourth-order valence-corrected chi connectivity index (χ4v) is 5.74. The lowest BCUT2D eigenvalue weighted by atomic mass is 10.1. The minimum Gasteiger partial charge on any atom is -0.459 e. The molecule has 0 aliphatic carbocycles. The van der Waals surface area contributed by atoms with E-state index in [0.29, 0.717) is 24.0 Å². The first-order chi connectivity index (χ1) is 12.7. The van der Waals surface area contributed by atoms with Crippen LogP contribution in [0.2, 0.25) is 0 Å². The van der Waals surface area contributed by atoms with Crippen molar-refractivity contribution in [2.75, 3.05) is 13.1 Å². The summed E-state index contributed by atoms with van der Waals surface area (Å²) in [5, 5.41) is 0. The van der Waals surface area contributed by atoms with Gasteiger partial charge in [-0.05, 0) is 64.7 Å². The second-order valence-corrected chi connectivity index (χ2v) is 9.28. The highest BCUT2D eigenvalue weighted by Gasteiger charge is 2.33. The zero-order chi connectivity index (χ0) is 19.8. The summed E-state index contributed by atoms with van der Waals surface area (Å²) in [4.78, 5) is 9.03. The van der Waals surface area contributed by atoms with Gasteiger partial charge in [-0.2, -0.15) is 4.31 Å². The molecule has 1 aromatic carbocycles. The van der Waals surface area contributed by atoms with Crippen LogP contribution < -0.4 is 4.74 Å². The number of hydrogen-bond donors (Lipinski definition) is 0. The summed E-state index contributed by atoms with van der Waals surface area (Å²) < 4.78 is 34.0. The van der Waals surface area contributed by atoms with Crippen LogP contribution in [-0.2, 0) is 10.0 Å². The van der Waals surface area contributed by atoms with E-state index in [1.807, 2.05) is 52.8 Å². The molecule has 1 aliphatic heterocycles. The molecule has 1 saturated heterocycles. The topological polar surface area (TPSA) is 72.4 Å². The molecule has 0 N–H and O–H groups in total. The molecule has 2 aromatic rings. The molecule has 1 fully saturated rings. The first kappa shape index (κ1) is 19.8. The average Bonchev–Trinajstić information content (AvgIpc) is 2.52. The number of aryl methyl sites for hydroxylation is 5. The molecule has 6 nitrogen and oxygen atoms in total. The molecule has 7 heteroatoms. The summed E-state index contributed by atoms with van der Waals surface area (Å²) >= 11 is 0. The van der Waals surface area contributed by atoms with E-state index in [1.54, 1.807) is 0 Å². The molecule has 1 atom stereocenters. The van der Waals surface area contributed by atoms with Gasteiger partial charge < -0.3 is 4.74 Å². The molecular formula is C20H27N3O3S. The Kier molecular flexibility index (Phi) is 5.53. The van der Waals surface area contributed by atoms with Gasteiger partial charge in [-0.3, -0.25) is 0 Å². The maximum absolute atomic E-state index is 13.3. The van der Waals surface area contributed by atoms with Crippen molar-refractivity contribution in [3.63, 3.8) is 0 Å². The number of benzene rings is 1. The Morgan fingerprint density at radius 1 is 1.00 bits per heavy atom. The number of ether oxygens (including phenoxy) is 1. The van der Waals surface area contributed by atoms with Gasteiger partial charge in [0, 0.05) is 17.9 Å². The Labute approximate surface area is 161 Å². The zero-order valence-electron chi connectivity index (χ0n) is 16.6. The second-order valence-electron chi connectivity index (χ2n) is 7.41. The Hall–Kier alpha value is -1.99. The van der Waals surface area contributed by atoms with E-state index in [2.05, 4.69) is 9.97 Å².